The van der Waals surface area contributed by atoms with E-state index in [2.05, 4.69) is 11.9 Å². The van der Waals surface area contributed by atoms with E-state index in [0.29, 0.717) is 6.10 Å². The molecular weight excluding hydrogens is 236 g/mol. The number of nitrogens with zero attached hydrogens (tertiary/aromatic N) is 1. The summed E-state index contributed by atoms with van der Waals surface area (Å²) in [5, 5.41) is 2.04. The third-order valence-corrected chi connectivity index (χ3v) is 4.07. The molecule has 0 aliphatic heterocycles. The maximum atomic E-state index is 6.19. The Morgan fingerprint density at radius 1 is 1.11 bits per heavy atom. The van der Waals surface area contributed by atoms with E-state index in [1.807, 2.05) is 18.2 Å². The zero-order chi connectivity index (χ0) is 13.2. The molecule has 0 atom stereocenters. The predicted octanol–water partition coefficient (Wildman–Crippen LogP) is 3.77. The molecular formula is C16H20N2O. The van der Waals surface area contributed by atoms with Crippen molar-refractivity contribution in [3.63, 3.8) is 0 Å². The van der Waals surface area contributed by atoms with Gasteiger partial charge in [0.05, 0.1) is 6.10 Å². The van der Waals surface area contributed by atoms with E-state index in [4.69, 9.17) is 10.5 Å². The van der Waals surface area contributed by atoms with Crippen molar-refractivity contribution in [3.05, 3.63) is 30.6 Å². The minimum atomic E-state index is 0.344. The lowest BCUT2D eigenvalue weighted by Gasteiger charge is -2.27. The van der Waals surface area contributed by atoms with Crippen LogP contribution in [-0.4, -0.2) is 11.1 Å². The zero-order valence-electron chi connectivity index (χ0n) is 11.3. The molecule has 0 radical (unpaired) electrons. The molecule has 2 aromatic rings. The van der Waals surface area contributed by atoms with Gasteiger partial charge in [0.25, 0.3) is 0 Å². The van der Waals surface area contributed by atoms with E-state index in [1.165, 1.54) is 12.8 Å². The van der Waals surface area contributed by atoms with E-state index in [1.54, 1.807) is 12.4 Å². The smallest absolute Gasteiger partial charge is 0.127 e. The molecule has 1 fully saturated rings. The van der Waals surface area contributed by atoms with Gasteiger partial charge in [0.2, 0.25) is 0 Å². The number of ether oxygens (including phenoxy) is 1. The highest BCUT2D eigenvalue weighted by Gasteiger charge is 2.20. The van der Waals surface area contributed by atoms with Gasteiger partial charge >= 0.3 is 0 Å². The Hall–Kier alpha value is -1.77. The normalized spacial score (nSPS) is 23.4. The molecule has 0 spiro atoms. The minimum absolute atomic E-state index is 0.344. The number of pyridine rings is 1. The maximum absolute atomic E-state index is 6.19. The minimum Gasteiger partial charge on any atom is -0.490 e. The Balaban J connectivity index is 1.87. The number of hydrogen-bond acceptors (Lipinski definition) is 3. The number of rotatable bonds is 2. The number of hydrogen-bond donors (Lipinski definition) is 1. The number of nitrogens with two attached hydrogens (primary N) is 1. The number of anilines is 1. The van der Waals surface area contributed by atoms with Crippen molar-refractivity contribution in [2.45, 2.75) is 38.7 Å². The summed E-state index contributed by atoms with van der Waals surface area (Å²) in [5.74, 6) is 1.78. The Morgan fingerprint density at radius 3 is 2.68 bits per heavy atom. The first kappa shape index (κ1) is 12.3. The van der Waals surface area contributed by atoms with Gasteiger partial charge in [-0.3, -0.25) is 4.98 Å². The predicted molar refractivity (Wildman–Crippen MR) is 78.2 cm³/mol. The fourth-order valence-corrected chi connectivity index (χ4v) is 2.81. The first-order valence-electron chi connectivity index (χ1n) is 7.03. The molecule has 0 bridgehead atoms. The fraction of sp³-hybridized carbons (Fsp3) is 0.438. The summed E-state index contributed by atoms with van der Waals surface area (Å²) in [4.78, 5) is 4.14. The van der Waals surface area contributed by atoms with Gasteiger partial charge in [-0.05, 0) is 49.8 Å². The fourth-order valence-electron chi connectivity index (χ4n) is 2.81. The number of fused-ring (bicyclic) bond motifs is 1. The lowest BCUT2D eigenvalue weighted by molar-refractivity contribution is 0.137. The highest BCUT2D eigenvalue weighted by atomic mass is 16.5. The van der Waals surface area contributed by atoms with Crippen LogP contribution in [0.4, 0.5) is 5.69 Å². The standard InChI is InChI=1S/C16H20N2O/c1-11-2-4-12(5-3-11)19-16-7-6-15(17)14-10-18-9-8-13(14)16/h6-12H,2-5,17H2,1H3. The van der Waals surface area contributed by atoms with Crippen LogP contribution in [0, 0.1) is 5.92 Å². The monoisotopic (exact) mass is 256 g/mol. The van der Waals surface area contributed by atoms with Gasteiger partial charge in [0.15, 0.2) is 0 Å². The van der Waals surface area contributed by atoms with Gasteiger partial charge in [0.1, 0.15) is 5.75 Å². The van der Waals surface area contributed by atoms with Crippen LogP contribution in [-0.2, 0) is 0 Å². The summed E-state index contributed by atoms with van der Waals surface area (Å²) in [6.45, 7) is 2.32. The highest BCUT2D eigenvalue weighted by molar-refractivity contribution is 5.96. The Labute approximate surface area is 113 Å². The summed E-state index contributed by atoms with van der Waals surface area (Å²) in [7, 11) is 0. The molecule has 1 saturated carbocycles. The van der Waals surface area contributed by atoms with Crippen molar-refractivity contribution in [3.8, 4) is 5.75 Å². The zero-order valence-corrected chi connectivity index (χ0v) is 11.3. The van der Waals surface area contributed by atoms with Crippen LogP contribution < -0.4 is 10.5 Å². The molecule has 0 saturated heterocycles. The van der Waals surface area contributed by atoms with E-state index < -0.39 is 0 Å². The van der Waals surface area contributed by atoms with Crippen LogP contribution in [0.1, 0.15) is 32.6 Å². The van der Waals surface area contributed by atoms with Crippen LogP contribution in [0.25, 0.3) is 10.8 Å². The van der Waals surface area contributed by atoms with E-state index >= 15 is 0 Å². The third-order valence-electron chi connectivity index (χ3n) is 4.07. The molecule has 2 N–H and O–H groups in total. The number of benzene rings is 1. The van der Waals surface area contributed by atoms with Crippen LogP contribution in [0.3, 0.4) is 0 Å². The third kappa shape index (κ3) is 2.50. The van der Waals surface area contributed by atoms with Crippen LogP contribution in [0.15, 0.2) is 30.6 Å². The average molecular weight is 256 g/mol. The van der Waals surface area contributed by atoms with Crippen molar-refractivity contribution in [1.29, 1.82) is 0 Å². The molecule has 3 heteroatoms. The van der Waals surface area contributed by atoms with Crippen LogP contribution in [0.5, 0.6) is 5.75 Å². The molecule has 1 heterocycles. The maximum Gasteiger partial charge on any atom is 0.127 e. The second-order valence-corrected chi connectivity index (χ2v) is 5.57. The molecule has 1 aromatic heterocycles. The summed E-state index contributed by atoms with van der Waals surface area (Å²) in [6.07, 6.45) is 8.77. The lowest BCUT2D eigenvalue weighted by atomic mass is 9.89. The average Bonchev–Trinajstić information content (AvgIpc) is 2.45. The number of aromatic nitrogens is 1. The molecule has 3 nitrogen and oxygen atoms in total. The largest absolute Gasteiger partial charge is 0.490 e. The Kier molecular flexibility index (Phi) is 3.28. The summed E-state index contributed by atoms with van der Waals surface area (Å²) < 4.78 is 6.19. The summed E-state index contributed by atoms with van der Waals surface area (Å²) in [6, 6.07) is 5.87. The highest BCUT2D eigenvalue weighted by Crippen LogP contribution is 2.33. The second-order valence-electron chi connectivity index (χ2n) is 5.57. The first-order valence-corrected chi connectivity index (χ1v) is 7.03. The Morgan fingerprint density at radius 2 is 1.89 bits per heavy atom. The van der Waals surface area contributed by atoms with E-state index in [0.717, 1.165) is 41.0 Å². The SMILES string of the molecule is CC1CCC(Oc2ccc(N)c3cnccc23)CC1. The van der Waals surface area contributed by atoms with Crippen molar-refractivity contribution >= 4 is 16.5 Å². The topological polar surface area (TPSA) is 48.1 Å². The van der Waals surface area contributed by atoms with Crippen molar-refractivity contribution in [2.24, 2.45) is 5.92 Å². The molecule has 100 valence electrons. The van der Waals surface area contributed by atoms with Crippen molar-refractivity contribution < 1.29 is 4.74 Å². The van der Waals surface area contributed by atoms with Gasteiger partial charge in [-0.1, -0.05) is 6.92 Å². The second kappa shape index (κ2) is 5.08. The molecule has 0 amide bonds. The first-order chi connectivity index (χ1) is 9.24. The molecule has 0 unspecified atom stereocenters. The van der Waals surface area contributed by atoms with Crippen molar-refractivity contribution in [2.75, 3.05) is 5.73 Å². The van der Waals surface area contributed by atoms with E-state index in [9.17, 15) is 0 Å². The van der Waals surface area contributed by atoms with Crippen LogP contribution in [0.2, 0.25) is 0 Å². The lowest BCUT2D eigenvalue weighted by Crippen LogP contribution is -2.23. The molecule has 3 rings (SSSR count). The summed E-state index contributed by atoms with van der Waals surface area (Å²) >= 11 is 0. The Bertz CT molecular complexity index is 574. The molecule has 19 heavy (non-hydrogen) atoms. The quantitative estimate of drug-likeness (QED) is 0.832. The molecule has 1 aromatic carbocycles. The van der Waals surface area contributed by atoms with Gasteiger partial charge in [-0.25, -0.2) is 0 Å². The van der Waals surface area contributed by atoms with Gasteiger partial charge in [-0.15, -0.1) is 0 Å². The summed E-state index contributed by atoms with van der Waals surface area (Å²) in [5.41, 5.74) is 6.74. The molecule has 1 aliphatic rings. The van der Waals surface area contributed by atoms with Gasteiger partial charge in [0, 0.05) is 28.9 Å². The van der Waals surface area contributed by atoms with Crippen LogP contribution >= 0.6 is 0 Å². The van der Waals surface area contributed by atoms with E-state index in [-0.39, 0.29) is 0 Å². The van der Waals surface area contributed by atoms with Gasteiger partial charge < -0.3 is 10.5 Å². The molecule has 1 aliphatic carbocycles. The van der Waals surface area contributed by atoms with Crippen molar-refractivity contribution in [1.82, 2.24) is 4.98 Å². The van der Waals surface area contributed by atoms with Gasteiger partial charge in [-0.2, -0.15) is 0 Å². The number of nitrogen functional groups attached to an aromatic ring is 1.